The fraction of sp³-hybridized carbons (Fsp3) is 0.306. The van der Waals surface area contributed by atoms with Crippen LogP contribution < -0.4 is 33.8 Å². The highest BCUT2D eigenvalue weighted by Crippen LogP contribution is 2.38. The van der Waals surface area contributed by atoms with Gasteiger partial charge in [-0.15, -0.1) is 0 Å². The second-order valence-corrected chi connectivity index (χ2v) is 14.2. The van der Waals surface area contributed by atoms with Gasteiger partial charge in [0, 0.05) is 0 Å². The molecule has 0 aliphatic carbocycles. The van der Waals surface area contributed by atoms with Crippen molar-refractivity contribution < 1.29 is 28.5 Å². The Morgan fingerprint density at radius 3 is 2.47 bits per heavy atom. The Morgan fingerprint density at radius 1 is 1.02 bits per heavy atom. The van der Waals surface area contributed by atoms with Crippen molar-refractivity contribution in [3.8, 4) is 23.0 Å². The molecule has 1 aromatic heterocycles. The third kappa shape index (κ3) is 8.11. The van der Waals surface area contributed by atoms with Crippen molar-refractivity contribution >= 4 is 69.2 Å². The van der Waals surface area contributed by atoms with Gasteiger partial charge in [0.15, 0.2) is 27.8 Å². The third-order valence-electron chi connectivity index (χ3n) is 7.38. The molecule has 0 N–H and O–H groups in total. The maximum Gasteiger partial charge on any atom is 0.338 e. The summed E-state index contributed by atoms with van der Waals surface area (Å²) in [6, 6.07) is 13.7. The van der Waals surface area contributed by atoms with E-state index in [0.29, 0.717) is 60.2 Å². The quantitative estimate of drug-likeness (QED) is 0.108. The molecule has 0 unspecified atom stereocenters. The molecule has 13 heteroatoms. The number of allylic oxidation sites excluding steroid dienone is 1. The molecule has 0 saturated carbocycles. The Kier molecular flexibility index (Phi) is 12.0. The predicted molar refractivity (Wildman–Crippen MR) is 200 cm³/mol. The summed E-state index contributed by atoms with van der Waals surface area (Å²) in [4.78, 5) is 32.8. The number of rotatable bonds is 12. The minimum Gasteiger partial charge on any atom is -0.493 e. The van der Waals surface area contributed by atoms with E-state index in [9.17, 15) is 9.59 Å². The number of fused-ring (bicyclic) bond motifs is 1. The maximum atomic E-state index is 14.2. The van der Waals surface area contributed by atoms with Crippen LogP contribution in [0.2, 0.25) is 10.0 Å². The van der Waals surface area contributed by atoms with Crippen molar-refractivity contribution in [1.29, 1.82) is 0 Å². The fourth-order valence-electron chi connectivity index (χ4n) is 5.32. The summed E-state index contributed by atoms with van der Waals surface area (Å²) in [5.41, 5.74) is 2.66. The van der Waals surface area contributed by atoms with Crippen molar-refractivity contribution in [3.63, 3.8) is 0 Å². The Hall–Kier alpha value is -3.52. The van der Waals surface area contributed by atoms with E-state index < -0.39 is 12.0 Å². The molecule has 0 spiro atoms. The van der Waals surface area contributed by atoms with E-state index >= 15 is 0 Å². The van der Waals surface area contributed by atoms with Crippen LogP contribution in [0.25, 0.3) is 6.08 Å². The highest BCUT2D eigenvalue weighted by Gasteiger charge is 2.34. The molecule has 49 heavy (non-hydrogen) atoms. The van der Waals surface area contributed by atoms with Crippen LogP contribution in [-0.4, -0.2) is 37.0 Å². The van der Waals surface area contributed by atoms with Crippen molar-refractivity contribution in [1.82, 2.24) is 4.57 Å². The van der Waals surface area contributed by atoms with Gasteiger partial charge in [0.05, 0.1) is 61.9 Å². The van der Waals surface area contributed by atoms with Gasteiger partial charge in [-0.25, -0.2) is 9.79 Å². The number of carbonyl (C=O) groups is 1. The first-order valence-corrected chi connectivity index (χ1v) is 18.2. The van der Waals surface area contributed by atoms with Crippen LogP contribution in [0, 0.1) is 3.57 Å². The monoisotopic (exact) mass is 836 g/mol. The number of hydrogen-bond donors (Lipinski definition) is 0. The van der Waals surface area contributed by atoms with Crippen molar-refractivity contribution in [2.24, 2.45) is 4.99 Å². The molecule has 4 aromatic rings. The zero-order valence-corrected chi connectivity index (χ0v) is 32.3. The standard InChI is InChI=1S/C36H35Cl2IN2O7S/c1-7-45-29-15-22(14-26(39)33(29)47-18-21-9-11-24(37)25(38)13-21)16-30-34(42)41-32(23-10-12-27(48-19(3)4)28(17-23)44-6)31(35(43)46-8-2)20(5)40-36(41)49-30/h9-17,19,32H,7-8,18H2,1-6H3/b30-16+/t32-/m1/s1. The first-order valence-electron chi connectivity index (χ1n) is 15.5. The lowest BCUT2D eigenvalue weighted by atomic mass is 9.95. The van der Waals surface area contributed by atoms with E-state index in [2.05, 4.69) is 22.6 Å². The zero-order chi connectivity index (χ0) is 35.4. The Labute approximate surface area is 311 Å². The molecule has 3 aromatic carbocycles. The summed E-state index contributed by atoms with van der Waals surface area (Å²) in [5.74, 6) is 1.59. The van der Waals surface area contributed by atoms with Gasteiger partial charge in [0.2, 0.25) is 0 Å². The lowest BCUT2D eigenvalue weighted by Crippen LogP contribution is -2.40. The number of thiazole rings is 1. The van der Waals surface area contributed by atoms with Crippen LogP contribution in [0.5, 0.6) is 23.0 Å². The molecule has 1 atom stereocenters. The summed E-state index contributed by atoms with van der Waals surface area (Å²) >= 11 is 15.7. The normalized spacial score (nSPS) is 14.4. The molecule has 9 nitrogen and oxygen atoms in total. The summed E-state index contributed by atoms with van der Waals surface area (Å²) in [7, 11) is 1.55. The molecule has 258 valence electrons. The number of ether oxygens (including phenoxy) is 5. The average molecular weight is 838 g/mol. The lowest BCUT2D eigenvalue weighted by molar-refractivity contribution is -0.139. The molecule has 0 fully saturated rings. The molecule has 1 aliphatic rings. The van der Waals surface area contributed by atoms with Gasteiger partial charge in [-0.2, -0.15) is 0 Å². The van der Waals surface area contributed by atoms with Gasteiger partial charge in [-0.05, 0) is 116 Å². The largest absolute Gasteiger partial charge is 0.493 e. The summed E-state index contributed by atoms with van der Waals surface area (Å²) in [5, 5.41) is 0.916. The molecule has 0 saturated heterocycles. The summed E-state index contributed by atoms with van der Waals surface area (Å²) in [6.07, 6.45) is 1.71. The van der Waals surface area contributed by atoms with Gasteiger partial charge in [-0.1, -0.05) is 46.7 Å². The fourth-order valence-corrected chi connectivity index (χ4v) is 7.47. The topological polar surface area (TPSA) is 97.6 Å². The number of nitrogens with zero attached hydrogens (tertiary/aromatic N) is 2. The first kappa shape index (κ1) is 36.8. The molecule has 0 radical (unpaired) electrons. The Balaban J connectivity index is 1.60. The van der Waals surface area contributed by atoms with Crippen LogP contribution >= 0.6 is 57.1 Å². The van der Waals surface area contributed by atoms with E-state index in [-0.39, 0.29) is 30.5 Å². The van der Waals surface area contributed by atoms with E-state index in [0.717, 1.165) is 14.7 Å². The maximum absolute atomic E-state index is 14.2. The van der Waals surface area contributed by atoms with Crippen LogP contribution in [0.4, 0.5) is 0 Å². The molecule has 0 bridgehead atoms. The third-order valence-corrected chi connectivity index (χ3v) is 9.90. The van der Waals surface area contributed by atoms with E-state index in [1.807, 2.05) is 45.0 Å². The molecule has 5 rings (SSSR count). The van der Waals surface area contributed by atoms with Gasteiger partial charge in [0.25, 0.3) is 5.56 Å². The minimum absolute atomic E-state index is 0.0795. The van der Waals surface area contributed by atoms with E-state index in [4.69, 9.17) is 51.9 Å². The van der Waals surface area contributed by atoms with Crippen molar-refractivity contribution in [3.05, 3.63) is 110 Å². The van der Waals surface area contributed by atoms with Gasteiger partial charge >= 0.3 is 5.97 Å². The van der Waals surface area contributed by atoms with Crippen molar-refractivity contribution in [2.45, 2.75) is 53.4 Å². The highest BCUT2D eigenvalue weighted by molar-refractivity contribution is 14.1. The second-order valence-electron chi connectivity index (χ2n) is 11.2. The number of carbonyl (C=O) groups excluding carboxylic acids is 1. The Morgan fingerprint density at radius 2 is 1.80 bits per heavy atom. The van der Waals surface area contributed by atoms with Gasteiger partial charge < -0.3 is 23.7 Å². The number of benzene rings is 3. The van der Waals surface area contributed by atoms with Crippen LogP contribution in [0.1, 0.15) is 57.4 Å². The number of halogens is 3. The zero-order valence-electron chi connectivity index (χ0n) is 27.8. The number of hydrogen-bond acceptors (Lipinski definition) is 9. The molecule has 2 heterocycles. The lowest BCUT2D eigenvalue weighted by Gasteiger charge is -2.25. The molecular weight excluding hydrogens is 802 g/mol. The van der Waals surface area contributed by atoms with E-state index in [1.54, 1.807) is 51.3 Å². The van der Waals surface area contributed by atoms with Crippen LogP contribution in [-0.2, 0) is 16.1 Å². The summed E-state index contributed by atoms with van der Waals surface area (Å²) in [6.45, 7) is 10.1. The number of methoxy groups -OCH3 is 1. The number of esters is 1. The van der Waals surface area contributed by atoms with Gasteiger partial charge in [0.1, 0.15) is 6.61 Å². The van der Waals surface area contributed by atoms with Crippen molar-refractivity contribution in [2.75, 3.05) is 20.3 Å². The molecular formula is C36H35Cl2IN2O7S. The minimum atomic E-state index is -0.810. The second kappa shape index (κ2) is 16.0. The van der Waals surface area contributed by atoms with Crippen LogP contribution in [0.3, 0.4) is 0 Å². The number of aromatic nitrogens is 1. The SMILES string of the molecule is CCOC(=O)C1=C(C)N=c2s/c(=C/c3cc(I)c(OCc4ccc(Cl)c(Cl)c4)c(OCC)c3)c(=O)n2[C@@H]1c1ccc(OC(C)C)c(OC)c1. The molecule has 0 amide bonds. The Bertz CT molecular complexity index is 2110. The highest BCUT2D eigenvalue weighted by atomic mass is 127. The first-order chi connectivity index (χ1) is 23.4. The smallest absolute Gasteiger partial charge is 0.338 e. The molecule has 1 aliphatic heterocycles. The van der Waals surface area contributed by atoms with Gasteiger partial charge in [-0.3, -0.25) is 9.36 Å². The van der Waals surface area contributed by atoms with E-state index in [1.165, 1.54) is 15.9 Å². The predicted octanol–water partition coefficient (Wildman–Crippen LogP) is 7.48. The van der Waals surface area contributed by atoms with Crippen LogP contribution in [0.15, 0.2) is 69.6 Å². The average Bonchev–Trinajstić information content (AvgIpc) is 3.35. The summed E-state index contributed by atoms with van der Waals surface area (Å²) < 4.78 is 31.9.